The molecule has 0 amide bonds. The van der Waals surface area contributed by atoms with Gasteiger partial charge in [0.25, 0.3) is 0 Å². The zero-order valence-corrected chi connectivity index (χ0v) is 8.84. The monoisotopic (exact) mass is 208 g/mol. The van der Waals surface area contributed by atoms with Crippen molar-refractivity contribution in [3.8, 4) is 0 Å². The fraction of sp³-hybridized carbons (Fsp3) is 0.600. The van der Waals surface area contributed by atoms with Crippen molar-refractivity contribution in [2.75, 3.05) is 25.1 Å². The summed E-state index contributed by atoms with van der Waals surface area (Å²) in [6.45, 7) is 1.49. The Hall–Kier alpha value is -1.20. The van der Waals surface area contributed by atoms with E-state index < -0.39 is 0 Å². The maximum atomic E-state index is 5.74. The van der Waals surface area contributed by atoms with Crippen LogP contribution in [0.25, 0.3) is 0 Å². The van der Waals surface area contributed by atoms with Crippen molar-refractivity contribution in [3.63, 3.8) is 0 Å². The van der Waals surface area contributed by atoms with Gasteiger partial charge in [-0.25, -0.2) is 9.97 Å². The highest BCUT2D eigenvalue weighted by Crippen LogP contribution is 2.24. The van der Waals surface area contributed by atoms with Crippen LogP contribution in [0.4, 0.5) is 5.82 Å². The number of rotatable bonds is 3. The molecule has 1 aliphatic rings. The topological polar surface area (TPSA) is 64.3 Å². The Morgan fingerprint density at radius 1 is 1.67 bits per heavy atom. The van der Waals surface area contributed by atoms with Crippen molar-refractivity contribution in [2.45, 2.75) is 18.6 Å². The van der Waals surface area contributed by atoms with Crippen LogP contribution in [-0.2, 0) is 4.74 Å². The molecular weight excluding hydrogens is 192 g/mol. The molecule has 2 rings (SSSR count). The number of hydrogen-bond acceptors (Lipinski definition) is 5. The van der Waals surface area contributed by atoms with Crippen LogP contribution < -0.4 is 10.6 Å². The smallest absolute Gasteiger partial charge is 0.132 e. The van der Waals surface area contributed by atoms with Crippen molar-refractivity contribution >= 4 is 5.82 Å². The Kier molecular flexibility index (Phi) is 3.13. The SMILES string of the molecule is CO[C@H]1C[C@@H](CN)N(c2ccncn2)C1. The molecule has 2 atom stereocenters. The molecule has 2 N–H and O–H groups in total. The van der Waals surface area contributed by atoms with Gasteiger partial charge < -0.3 is 15.4 Å². The van der Waals surface area contributed by atoms with E-state index in [2.05, 4.69) is 14.9 Å². The second-order valence-corrected chi connectivity index (χ2v) is 3.70. The number of anilines is 1. The number of methoxy groups -OCH3 is 1. The third kappa shape index (κ3) is 2.08. The number of hydrogen-bond donors (Lipinski definition) is 1. The molecule has 0 spiro atoms. The molecule has 0 saturated carbocycles. The largest absolute Gasteiger partial charge is 0.380 e. The van der Waals surface area contributed by atoms with Crippen LogP contribution in [-0.4, -0.2) is 42.3 Å². The van der Waals surface area contributed by atoms with Crippen LogP contribution in [0.3, 0.4) is 0 Å². The molecular formula is C10H16N4O. The summed E-state index contributed by atoms with van der Waals surface area (Å²) in [7, 11) is 1.74. The standard InChI is InChI=1S/C10H16N4O/c1-15-9-4-8(5-11)14(6-9)10-2-3-12-7-13-10/h2-3,7-9H,4-6,11H2,1H3/t8-,9-/m0/s1. The van der Waals surface area contributed by atoms with Gasteiger partial charge in [-0.05, 0) is 12.5 Å². The molecule has 82 valence electrons. The average molecular weight is 208 g/mol. The Labute approximate surface area is 89.3 Å². The molecule has 0 unspecified atom stereocenters. The summed E-state index contributed by atoms with van der Waals surface area (Å²) >= 11 is 0. The lowest BCUT2D eigenvalue weighted by atomic mass is 10.2. The van der Waals surface area contributed by atoms with E-state index in [4.69, 9.17) is 10.5 Å². The minimum atomic E-state index is 0.258. The van der Waals surface area contributed by atoms with E-state index >= 15 is 0 Å². The van der Waals surface area contributed by atoms with Gasteiger partial charge in [0.1, 0.15) is 12.1 Å². The van der Waals surface area contributed by atoms with Crippen LogP contribution in [0.2, 0.25) is 0 Å². The summed E-state index contributed by atoms with van der Waals surface area (Å²) in [6.07, 6.45) is 4.53. The van der Waals surface area contributed by atoms with Crippen LogP contribution in [0, 0.1) is 0 Å². The average Bonchev–Trinajstić information content (AvgIpc) is 2.73. The first-order valence-electron chi connectivity index (χ1n) is 5.10. The van der Waals surface area contributed by atoms with E-state index in [0.717, 1.165) is 18.8 Å². The van der Waals surface area contributed by atoms with Gasteiger partial charge in [0.05, 0.1) is 6.10 Å². The lowest BCUT2D eigenvalue weighted by Crippen LogP contribution is -2.36. The summed E-state index contributed by atoms with van der Waals surface area (Å²) < 4.78 is 5.35. The molecule has 1 aromatic heterocycles. The molecule has 1 aliphatic heterocycles. The predicted molar refractivity (Wildman–Crippen MR) is 57.6 cm³/mol. The molecule has 5 nitrogen and oxygen atoms in total. The number of nitrogens with two attached hydrogens (primary N) is 1. The molecule has 1 aromatic rings. The molecule has 1 fully saturated rings. The molecule has 5 heteroatoms. The third-order valence-corrected chi connectivity index (χ3v) is 2.84. The highest BCUT2D eigenvalue weighted by atomic mass is 16.5. The van der Waals surface area contributed by atoms with Crippen molar-refractivity contribution < 1.29 is 4.74 Å². The Balaban J connectivity index is 2.14. The lowest BCUT2D eigenvalue weighted by Gasteiger charge is -2.23. The molecule has 0 bridgehead atoms. The van der Waals surface area contributed by atoms with E-state index in [1.807, 2.05) is 6.07 Å². The Morgan fingerprint density at radius 2 is 2.53 bits per heavy atom. The normalized spacial score (nSPS) is 25.9. The summed E-state index contributed by atoms with van der Waals surface area (Å²) in [5.74, 6) is 0.931. The minimum absolute atomic E-state index is 0.258. The van der Waals surface area contributed by atoms with E-state index in [1.165, 1.54) is 0 Å². The summed E-state index contributed by atoms with van der Waals surface area (Å²) in [4.78, 5) is 10.3. The first-order chi connectivity index (χ1) is 7.35. The van der Waals surface area contributed by atoms with Gasteiger partial charge >= 0.3 is 0 Å². The van der Waals surface area contributed by atoms with Gasteiger partial charge in [0.2, 0.25) is 0 Å². The van der Waals surface area contributed by atoms with Gasteiger partial charge in [-0.2, -0.15) is 0 Å². The highest BCUT2D eigenvalue weighted by Gasteiger charge is 2.31. The first kappa shape index (κ1) is 10.3. The van der Waals surface area contributed by atoms with Crippen LogP contribution >= 0.6 is 0 Å². The summed E-state index contributed by atoms with van der Waals surface area (Å²) in [5, 5.41) is 0. The number of nitrogens with zero attached hydrogens (tertiary/aromatic N) is 3. The van der Waals surface area contributed by atoms with Crippen molar-refractivity contribution in [3.05, 3.63) is 18.6 Å². The summed E-state index contributed by atoms with van der Waals surface area (Å²) in [6, 6.07) is 2.23. The lowest BCUT2D eigenvalue weighted by molar-refractivity contribution is 0.118. The first-order valence-corrected chi connectivity index (χ1v) is 5.10. The van der Waals surface area contributed by atoms with Crippen LogP contribution in [0.1, 0.15) is 6.42 Å². The van der Waals surface area contributed by atoms with E-state index in [1.54, 1.807) is 19.6 Å². The van der Waals surface area contributed by atoms with Crippen LogP contribution in [0.15, 0.2) is 18.6 Å². The maximum absolute atomic E-state index is 5.74. The molecule has 0 aliphatic carbocycles. The van der Waals surface area contributed by atoms with E-state index in [0.29, 0.717) is 12.6 Å². The van der Waals surface area contributed by atoms with Crippen LogP contribution in [0.5, 0.6) is 0 Å². The van der Waals surface area contributed by atoms with Gasteiger partial charge in [-0.3, -0.25) is 0 Å². The van der Waals surface area contributed by atoms with Gasteiger partial charge in [0, 0.05) is 32.4 Å². The summed E-state index contributed by atoms with van der Waals surface area (Å²) in [5.41, 5.74) is 5.74. The Morgan fingerprint density at radius 3 is 3.13 bits per heavy atom. The van der Waals surface area contributed by atoms with Gasteiger partial charge in [-0.1, -0.05) is 0 Å². The quantitative estimate of drug-likeness (QED) is 0.759. The second-order valence-electron chi connectivity index (χ2n) is 3.70. The van der Waals surface area contributed by atoms with Crippen molar-refractivity contribution in [2.24, 2.45) is 5.73 Å². The molecule has 1 saturated heterocycles. The van der Waals surface area contributed by atoms with Crippen molar-refractivity contribution in [1.82, 2.24) is 9.97 Å². The molecule has 2 heterocycles. The predicted octanol–water partition coefficient (Wildman–Crippen LogP) is 0.0290. The maximum Gasteiger partial charge on any atom is 0.132 e. The van der Waals surface area contributed by atoms with Gasteiger partial charge in [0.15, 0.2) is 0 Å². The zero-order valence-electron chi connectivity index (χ0n) is 8.84. The highest BCUT2D eigenvalue weighted by molar-refractivity contribution is 5.40. The van der Waals surface area contributed by atoms with E-state index in [9.17, 15) is 0 Å². The third-order valence-electron chi connectivity index (χ3n) is 2.84. The van der Waals surface area contributed by atoms with E-state index in [-0.39, 0.29) is 6.10 Å². The zero-order chi connectivity index (χ0) is 10.7. The fourth-order valence-corrected chi connectivity index (χ4v) is 2.00. The minimum Gasteiger partial charge on any atom is -0.380 e. The molecule has 0 aromatic carbocycles. The molecule has 0 radical (unpaired) electrons. The van der Waals surface area contributed by atoms with Gasteiger partial charge in [-0.15, -0.1) is 0 Å². The second kappa shape index (κ2) is 4.55. The Bertz CT molecular complexity index is 306. The number of aromatic nitrogens is 2. The fourth-order valence-electron chi connectivity index (χ4n) is 2.00. The number of ether oxygens (including phenoxy) is 1. The molecule has 15 heavy (non-hydrogen) atoms. The van der Waals surface area contributed by atoms with Crippen molar-refractivity contribution in [1.29, 1.82) is 0 Å².